The third-order valence-electron chi connectivity index (χ3n) is 2.17. The summed E-state index contributed by atoms with van der Waals surface area (Å²) in [7, 11) is 0. The summed E-state index contributed by atoms with van der Waals surface area (Å²) in [6.07, 6.45) is 3.37. The molecule has 1 heterocycles. The van der Waals surface area contributed by atoms with E-state index in [1.54, 1.807) is 0 Å². The average molecular weight is 201 g/mol. The number of nitrogens with two attached hydrogens (primary N) is 1. The molecule has 1 aliphatic rings. The Morgan fingerprint density at radius 1 is 1.43 bits per heavy atom. The zero-order valence-electron chi connectivity index (χ0n) is 7.91. The highest BCUT2D eigenvalue weighted by atomic mass is 16.6. The molecule has 3 N–H and O–H groups in total. The van der Waals surface area contributed by atoms with Crippen LogP contribution in [0.15, 0.2) is 17.6 Å². The minimum absolute atomic E-state index is 0.218. The number of hydrazine groups is 1. The largest absolute Gasteiger partial charge is 0.569 e. The van der Waals surface area contributed by atoms with Gasteiger partial charge in [-0.05, 0) is 6.20 Å². The van der Waals surface area contributed by atoms with Crippen molar-refractivity contribution in [3.8, 4) is 0 Å². The third-order valence-corrected chi connectivity index (χ3v) is 2.17. The summed E-state index contributed by atoms with van der Waals surface area (Å²) in [6, 6.07) is 0. The maximum atomic E-state index is 10.9. The van der Waals surface area contributed by atoms with E-state index < -0.39 is 0 Å². The molecule has 0 bridgehead atoms. The van der Waals surface area contributed by atoms with Crippen molar-refractivity contribution in [1.82, 2.24) is 9.91 Å². The summed E-state index contributed by atoms with van der Waals surface area (Å²) in [4.78, 5) is 2.38. The Bertz CT molecular complexity index is 222. The Morgan fingerprint density at radius 3 is 2.57 bits per heavy atom. The maximum absolute atomic E-state index is 10.9. The predicted molar refractivity (Wildman–Crippen MR) is 49.2 cm³/mol. The van der Waals surface area contributed by atoms with Crippen LogP contribution in [0, 0.1) is 5.21 Å². The van der Waals surface area contributed by atoms with Crippen LogP contribution in [0.3, 0.4) is 0 Å². The molecule has 1 rings (SSSR count). The number of nitrogens with zero attached hydrogens (tertiary/aromatic N) is 4. The van der Waals surface area contributed by atoms with Gasteiger partial charge in [-0.3, -0.25) is 4.90 Å². The lowest BCUT2D eigenvalue weighted by Crippen LogP contribution is -2.48. The van der Waals surface area contributed by atoms with Gasteiger partial charge in [0.15, 0.2) is 0 Å². The quantitative estimate of drug-likeness (QED) is 0.359. The fraction of sp³-hybridized carbons (Fsp3) is 0.714. The Labute approximate surface area is 82.2 Å². The molecule has 14 heavy (non-hydrogen) atoms. The second-order valence-electron chi connectivity index (χ2n) is 3.02. The van der Waals surface area contributed by atoms with Gasteiger partial charge in [-0.2, -0.15) is 0 Å². The minimum Gasteiger partial charge on any atom is -0.569 e. The van der Waals surface area contributed by atoms with Crippen LogP contribution in [0.2, 0.25) is 0 Å². The predicted octanol–water partition coefficient (Wildman–Crippen LogP) is -0.657. The molecular weight excluding hydrogens is 186 g/mol. The molecule has 1 saturated heterocycles. The van der Waals surface area contributed by atoms with Crippen molar-refractivity contribution in [3.63, 3.8) is 0 Å². The molecular formula is C7H15N5O2. The van der Waals surface area contributed by atoms with Gasteiger partial charge >= 0.3 is 0 Å². The standard InChI is InChI=1S/C7H15N5O2/c8-2-1-3-10-4-6-11(7-5-10)12(14)9-13/h1-2,13H,3-8H2. The lowest BCUT2D eigenvalue weighted by atomic mass is 10.3. The van der Waals surface area contributed by atoms with E-state index in [0.29, 0.717) is 13.1 Å². The number of rotatable bonds is 3. The van der Waals surface area contributed by atoms with E-state index in [1.165, 1.54) is 11.2 Å². The van der Waals surface area contributed by atoms with E-state index in [-0.39, 0.29) is 4.97 Å². The van der Waals surface area contributed by atoms with Crippen LogP contribution < -0.4 is 5.73 Å². The molecule has 0 aromatic heterocycles. The van der Waals surface area contributed by atoms with Gasteiger partial charge in [0.25, 0.3) is 0 Å². The first-order valence-electron chi connectivity index (χ1n) is 4.44. The topological polar surface area (TPSA) is 91.2 Å². The van der Waals surface area contributed by atoms with Crippen LogP contribution in [0.1, 0.15) is 0 Å². The zero-order valence-corrected chi connectivity index (χ0v) is 7.91. The molecule has 0 aromatic rings. The molecule has 7 heteroatoms. The van der Waals surface area contributed by atoms with E-state index in [4.69, 9.17) is 10.9 Å². The number of hydrogen-bond donors (Lipinski definition) is 2. The van der Waals surface area contributed by atoms with Crippen molar-refractivity contribution in [3.05, 3.63) is 17.5 Å². The highest BCUT2D eigenvalue weighted by molar-refractivity contribution is 4.81. The van der Waals surface area contributed by atoms with Gasteiger partial charge in [0.1, 0.15) is 0 Å². The SMILES string of the molecule is NC=CCN1CCN([N+]([O-])=NO)CC1. The molecule has 0 aliphatic carbocycles. The Kier molecular flexibility index (Phi) is 3.99. The van der Waals surface area contributed by atoms with E-state index in [2.05, 4.69) is 10.2 Å². The molecule has 0 spiro atoms. The molecule has 0 aromatic carbocycles. The first-order valence-corrected chi connectivity index (χ1v) is 4.44. The van der Waals surface area contributed by atoms with Crippen molar-refractivity contribution < 1.29 is 10.2 Å². The van der Waals surface area contributed by atoms with Crippen molar-refractivity contribution >= 4 is 0 Å². The fourth-order valence-corrected chi connectivity index (χ4v) is 1.36. The van der Waals surface area contributed by atoms with Gasteiger partial charge in [0, 0.05) is 19.6 Å². The highest BCUT2D eigenvalue weighted by Gasteiger charge is 2.20. The normalized spacial score (nSPS) is 20.6. The van der Waals surface area contributed by atoms with E-state index >= 15 is 0 Å². The Balaban J connectivity index is 2.31. The van der Waals surface area contributed by atoms with Crippen molar-refractivity contribution in [1.29, 1.82) is 0 Å². The molecule has 0 unspecified atom stereocenters. The summed E-state index contributed by atoms with van der Waals surface area (Å²) >= 11 is 0. The van der Waals surface area contributed by atoms with Gasteiger partial charge in [-0.1, -0.05) is 6.08 Å². The molecule has 1 aliphatic heterocycles. The van der Waals surface area contributed by atoms with Crippen molar-refractivity contribution in [2.45, 2.75) is 0 Å². The molecule has 80 valence electrons. The van der Waals surface area contributed by atoms with Crippen LogP contribution >= 0.6 is 0 Å². The summed E-state index contributed by atoms with van der Waals surface area (Å²) in [6.45, 7) is 3.44. The molecule has 0 amide bonds. The Hall–Kier alpha value is -1.50. The van der Waals surface area contributed by atoms with Gasteiger partial charge < -0.3 is 16.1 Å². The monoisotopic (exact) mass is 201 g/mol. The van der Waals surface area contributed by atoms with Gasteiger partial charge in [-0.15, -0.1) is 5.01 Å². The highest BCUT2D eigenvalue weighted by Crippen LogP contribution is 2.01. The smallest absolute Gasteiger partial charge is 0.230 e. The van der Waals surface area contributed by atoms with Crippen LogP contribution in [0.5, 0.6) is 0 Å². The molecule has 0 radical (unpaired) electrons. The fourth-order valence-electron chi connectivity index (χ4n) is 1.36. The van der Waals surface area contributed by atoms with Crippen molar-refractivity contribution in [2.24, 2.45) is 11.0 Å². The summed E-state index contributed by atoms with van der Waals surface area (Å²) < 4.78 is 0. The summed E-state index contributed by atoms with van der Waals surface area (Å²) in [5.41, 5.74) is 5.22. The van der Waals surface area contributed by atoms with Crippen molar-refractivity contribution in [2.75, 3.05) is 32.7 Å². The first-order chi connectivity index (χ1) is 6.77. The Morgan fingerprint density at radius 2 is 2.07 bits per heavy atom. The van der Waals surface area contributed by atoms with Gasteiger partial charge in [0.2, 0.25) is 5.28 Å². The van der Waals surface area contributed by atoms with E-state index in [9.17, 15) is 5.21 Å². The average Bonchev–Trinajstić information content (AvgIpc) is 2.26. The lowest BCUT2D eigenvalue weighted by molar-refractivity contribution is -0.711. The van der Waals surface area contributed by atoms with Crippen LogP contribution in [-0.2, 0) is 0 Å². The van der Waals surface area contributed by atoms with E-state index in [0.717, 1.165) is 19.6 Å². The maximum Gasteiger partial charge on any atom is 0.230 e. The number of piperazine rings is 1. The third kappa shape index (κ3) is 2.77. The second kappa shape index (κ2) is 5.28. The molecule has 0 atom stereocenters. The second-order valence-corrected chi connectivity index (χ2v) is 3.02. The van der Waals surface area contributed by atoms with Crippen LogP contribution in [0.25, 0.3) is 0 Å². The molecule has 7 nitrogen and oxygen atoms in total. The summed E-state index contributed by atoms with van der Waals surface area (Å²) in [5.74, 6) is 0. The molecule has 0 saturated carbocycles. The zero-order chi connectivity index (χ0) is 10.4. The van der Waals surface area contributed by atoms with Gasteiger partial charge in [-0.25, -0.2) is 0 Å². The first kappa shape index (κ1) is 10.6. The van der Waals surface area contributed by atoms with Crippen LogP contribution in [-0.4, -0.2) is 52.8 Å². The van der Waals surface area contributed by atoms with E-state index in [1.807, 2.05) is 6.08 Å². The molecule has 1 fully saturated rings. The summed E-state index contributed by atoms with van der Waals surface area (Å²) in [5, 5.41) is 23.1. The number of hydrogen-bond acceptors (Lipinski definition) is 4. The minimum atomic E-state index is 0.218. The van der Waals surface area contributed by atoms with Gasteiger partial charge in [0.05, 0.1) is 18.1 Å². The lowest BCUT2D eigenvalue weighted by Gasteiger charge is -2.30. The van der Waals surface area contributed by atoms with Crippen LogP contribution in [0.4, 0.5) is 0 Å².